The molecule has 174 valence electrons. The van der Waals surface area contributed by atoms with Gasteiger partial charge in [-0.25, -0.2) is 14.5 Å². The van der Waals surface area contributed by atoms with Gasteiger partial charge in [-0.15, -0.1) is 0 Å². The lowest BCUT2D eigenvalue weighted by molar-refractivity contribution is 0.0746. The van der Waals surface area contributed by atoms with Crippen LogP contribution in [0.1, 0.15) is 27.2 Å². The number of hydrogen-bond acceptors (Lipinski definition) is 6. The topological polar surface area (TPSA) is 106 Å². The van der Waals surface area contributed by atoms with Crippen LogP contribution in [-0.4, -0.2) is 52.2 Å². The second-order valence-electron chi connectivity index (χ2n) is 8.34. The summed E-state index contributed by atoms with van der Waals surface area (Å²) in [5.41, 5.74) is 1.87. The summed E-state index contributed by atoms with van der Waals surface area (Å²) < 4.78 is 14.2. The average Bonchev–Trinajstić information content (AvgIpc) is 2.90. The number of amides is 1. The van der Waals surface area contributed by atoms with Crippen molar-refractivity contribution in [1.82, 2.24) is 20.1 Å². The number of nitrogens with one attached hydrogen (secondary N) is 1. The van der Waals surface area contributed by atoms with Crippen LogP contribution in [0.25, 0.3) is 10.8 Å². The van der Waals surface area contributed by atoms with E-state index in [1.54, 1.807) is 30.5 Å². The second kappa shape index (κ2) is 9.35. The molecule has 0 unspecified atom stereocenters. The second-order valence-corrected chi connectivity index (χ2v) is 8.34. The van der Waals surface area contributed by atoms with E-state index in [0.717, 1.165) is 11.4 Å². The Morgan fingerprint density at radius 3 is 2.63 bits per heavy atom. The van der Waals surface area contributed by atoms with E-state index < -0.39 is 11.4 Å². The van der Waals surface area contributed by atoms with Gasteiger partial charge in [0.2, 0.25) is 0 Å². The predicted molar refractivity (Wildman–Crippen MR) is 129 cm³/mol. The normalized spacial score (nSPS) is 13.6. The molecule has 0 saturated carbocycles. The quantitative estimate of drug-likeness (QED) is 0.494. The summed E-state index contributed by atoms with van der Waals surface area (Å²) in [7, 11) is 0. The number of rotatable bonds is 4. The number of benzene rings is 2. The molecule has 1 N–H and O–H groups in total. The molecule has 9 heteroatoms. The number of fused-ring (bicyclic) bond motifs is 1. The SMILES string of the molecule is N#Cc1ccc(N2CCN(C(=O)c3cccc(Cc4n[nH]c(=O)c5c(F)cccc45)c3)CC2)nc1. The number of nitrogens with zero attached hydrogens (tertiary/aromatic N) is 5. The number of anilines is 1. The highest BCUT2D eigenvalue weighted by atomic mass is 19.1. The molecule has 0 atom stereocenters. The standard InChI is InChI=1S/C26H21FN6O2/c27-21-6-2-5-20-22(30-31-25(34)24(20)21)14-17-3-1-4-19(13-17)26(35)33-11-9-32(10-12-33)23-8-7-18(15-28)16-29-23/h1-8,13,16H,9-12,14H2,(H,31,34). The van der Waals surface area contributed by atoms with Crippen molar-refractivity contribution in [1.29, 1.82) is 5.26 Å². The first-order valence-corrected chi connectivity index (χ1v) is 11.2. The molecule has 3 heterocycles. The van der Waals surface area contributed by atoms with Crippen LogP contribution >= 0.6 is 0 Å². The van der Waals surface area contributed by atoms with Crippen molar-refractivity contribution >= 4 is 22.5 Å². The Hall–Kier alpha value is -4.58. The summed E-state index contributed by atoms with van der Waals surface area (Å²) in [5, 5.41) is 15.9. The van der Waals surface area contributed by atoms with Crippen LogP contribution in [0.3, 0.4) is 0 Å². The molecule has 2 aromatic heterocycles. The maximum atomic E-state index is 14.2. The number of piperazine rings is 1. The van der Waals surface area contributed by atoms with Gasteiger partial charge in [-0.2, -0.15) is 10.4 Å². The fourth-order valence-corrected chi connectivity index (χ4v) is 4.33. The lowest BCUT2D eigenvalue weighted by Gasteiger charge is -2.35. The highest BCUT2D eigenvalue weighted by Crippen LogP contribution is 2.20. The van der Waals surface area contributed by atoms with Crippen molar-refractivity contribution in [3.05, 3.63) is 99.3 Å². The zero-order valence-corrected chi connectivity index (χ0v) is 18.7. The Kier molecular flexibility index (Phi) is 5.94. The van der Waals surface area contributed by atoms with E-state index in [0.29, 0.717) is 54.8 Å². The van der Waals surface area contributed by atoms with Crippen molar-refractivity contribution in [3.63, 3.8) is 0 Å². The molecule has 1 amide bonds. The number of halogens is 1. The third kappa shape index (κ3) is 4.46. The molecule has 0 bridgehead atoms. The fraction of sp³-hybridized carbons (Fsp3) is 0.192. The van der Waals surface area contributed by atoms with Gasteiger partial charge in [-0.3, -0.25) is 9.59 Å². The molecule has 8 nitrogen and oxygen atoms in total. The molecule has 1 fully saturated rings. The first kappa shape index (κ1) is 22.2. The van der Waals surface area contributed by atoms with E-state index in [1.807, 2.05) is 29.2 Å². The minimum absolute atomic E-state index is 0.0145. The summed E-state index contributed by atoms with van der Waals surface area (Å²) in [4.78, 5) is 33.4. The lowest BCUT2D eigenvalue weighted by atomic mass is 10.0. The van der Waals surface area contributed by atoms with Crippen LogP contribution in [-0.2, 0) is 6.42 Å². The van der Waals surface area contributed by atoms with Gasteiger partial charge >= 0.3 is 0 Å². The van der Waals surface area contributed by atoms with Crippen LogP contribution in [0.4, 0.5) is 10.2 Å². The van der Waals surface area contributed by atoms with Crippen LogP contribution in [0.5, 0.6) is 0 Å². The summed E-state index contributed by atoms with van der Waals surface area (Å²) in [6.07, 6.45) is 1.89. The van der Waals surface area contributed by atoms with Gasteiger partial charge in [0, 0.05) is 49.7 Å². The van der Waals surface area contributed by atoms with Gasteiger partial charge in [0.1, 0.15) is 17.7 Å². The van der Waals surface area contributed by atoms with Gasteiger partial charge in [-0.05, 0) is 35.9 Å². The highest BCUT2D eigenvalue weighted by molar-refractivity contribution is 5.94. The van der Waals surface area contributed by atoms with Crippen molar-refractivity contribution in [2.45, 2.75) is 6.42 Å². The Balaban J connectivity index is 1.30. The zero-order chi connectivity index (χ0) is 24.4. The van der Waals surface area contributed by atoms with E-state index in [1.165, 1.54) is 6.07 Å². The maximum absolute atomic E-state index is 14.2. The van der Waals surface area contributed by atoms with Crippen molar-refractivity contribution < 1.29 is 9.18 Å². The van der Waals surface area contributed by atoms with Crippen molar-refractivity contribution in [2.24, 2.45) is 0 Å². The number of aromatic nitrogens is 3. The highest BCUT2D eigenvalue weighted by Gasteiger charge is 2.23. The molecule has 0 radical (unpaired) electrons. The van der Waals surface area contributed by atoms with E-state index in [9.17, 15) is 14.0 Å². The number of H-pyrrole nitrogens is 1. The molecule has 35 heavy (non-hydrogen) atoms. The molecule has 1 saturated heterocycles. The predicted octanol–water partition coefficient (Wildman–Crippen LogP) is 2.88. The van der Waals surface area contributed by atoms with E-state index >= 15 is 0 Å². The molecule has 4 aromatic rings. The van der Waals surface area contributed by atoms with Gasteiger partial charge in [0.05, 0.1) is 16.6 Å². The molecule has 1 aliphatic heterocycles. The molecular weight excluding hydrogens is 447 g/mol. The van der Waals surface area contributed by atoms with Gasteiger partial charge in [0.25, 0.3) is 11.5 Å². The zero-order valence-electron chi connectivity index (χ0n) is 18.7. The monoisotopic (exact) mass is 468 g/mol. The minimum Gasteiger partial charge on any atom is -0.353 e. The minimum atomic E-state index is -0.591. The van der Waals surface area contributed by atoms with Gasteiger partial charge in [0.15, 0.2) is 0 Å². The first-order chi connectivity index (χ1) is 17.0. The number of carbonyl (C=O) groups is 1. The van der Waals surface area contributed by atoms with Gasteiger partial charge < -0.3 is 9.80 Å². The van der Waals surface area contributed by atoms with Crippen molar-refractivity contribution in [2.75, 3.05) is 31.1 Å². The fourth-order valence-electron chi connectivity index (χ4n) is 4.33. The maximum Gasteiger partial charge on any atom is 0.275 e. The van der Waals surface area contributed by atoms with E-state index in [4.69, 9.17) is 5.26 Å². The number of hydrogen-bond donors (Lipinski definition) is 1. The largest absolute Gasteiger partial charge is 0.353 e. The van der Waals surface area contributed by atoms with Crippen LogP contribution in [0, 0.1) is 17.1 Å². The van der Waals surface area contributed by atoms with Crippen molar-refractivity contribution in [3.8, 4) is 6.07 Å². The Morgan fingerprint density at radius 2 is 1.89 bits per heavy atom. The Bertz CT molecular complexity index is 1500. The number of aromatic amines is 1. The van der Waals surface area contributed by atoms with Crippen LogP contribution in [0.2, 0.25) is 0 Å². The smallest absolute Gasteiger partial charge is 0.275 e. The molecular formula is C26H21FN6O2. The Morgan fingerprint density at radius 1 is 1.09 bits per heavy atom. The molecule has 2 aromatic carbocycles. The lowest BCUT2D eigenvalue weighted by Crippen LogP contribution is -2.49. The third-order valence-corrected chi connectivity index (χ3v) is 6.16. The summed E-state index contributed by atoms with van der Waals surface area (Å²) >= 11 is 0. The summed E-state index contributed by atoms with van der Waals surface area (Å²) in [6.45, 7) is 2.39. The summed E-state index contributed by atoms with van der Waals surface area (Å²) in [5.74, 6) is 0.131. The molecule has 0 spiro atoms. The number of carbonyl (C=O) groups excluding carboxylic acids is 1. The summed E-state index contributed by atoms with van der Waals surface area (Å²) in [6, 6.07) is 17.4. The Labute approximate surface area is 200 Å². The van der Waals surface area contributed by atoms with Crippen LogP contribution in [0.15, 0.2) is 65.6 Å². The molecule has 0 aliphatic carbocycles. The average molecular weight is 468 g/mol. The molecule has 5 rings (SSSR count). The first-order valence-electron chi connectivity index (χ1n) is 11.2. The van der Waals surface area contributed by atoms with E-state index in [-0.39, 0.29) is 11.3 Å². The number of nitriles is 1. The van der Waals surface area contributed by atoms with E-state index in [2.05, 4.69) is 26.2 Å². The number of pyridine rings is 1. The van der Waals surface area contributed by atoms with Gasteiger partial charge in [-0.1, -0.05) is 24.3 Å². The third-order valence-electron chi connectivity index (χ3n) is 6.16. The molecule has 1 aliphatic rings. The van der Waals surface area contributed by atoms with Crippen LogP contribution < -0.4 is 10.5 Å².